The van der Waals surface area contributed by atoms with Gasteiger partial charge in [0.1, 0.15) is 5.75 Å². The first kappa shape index (κ1) is 24.3. The van der Waals surface area contributed by atoms with Crippen LogP contribution in [0, 0.1) is 5.92 Å². The third-order valence-electron chi connectivity index (χ3n) is 6.51. The number of fused-ring (bicyclic) bond motifs is 1. The van der Waals surface area contributed by atoms with E-state index in [9.17, 15) is 9.59 Å². The number of anilines is 1. The van der Waals surface area contributed by atoms with E-state index in [1.54, 1.807) is 0 Å². The van der Waals surface area contributed by atoms with Crippen molar-refractivity contribution in [1.29, 1.82) is 0 Å². The smallest absolute Gasteiger partial charge is 0.341 e. The molecule has 3 aromatic carbocycles. The zero-order valence-corrected chi connectivity index (χ0v) is 20.1. The monoisotopic (exact) mass is 472 g/mol. The van der Waals surface area contributed by atoms with Crippen LogP contribution in [0.15, 0.2) is 78.9 Å². The van der Waals surface area contributed by atoms with Crippen molar-refractivity contribution in [1.82, 2.24) is 4.90 Å². The molecule has 0 spiro atoms. The first-order valence-electron chi connectivity index (χ1n) is 12.0. The topological polar surface area (TPSA) is 70.1 Å². The number of likely N-dealkylation sites (N-methyl/N-ethyl adjacent to an activating group) is 1. The molecule has 0 aliphatic heterocycles. The van der Waals surface area contributed by atoms with Crippen molar-refractivity contribution in [2.75, 3.05) is 31.6 Å². The zero-order chi connectivity index (χ0) is 24.6. The number of carboxylic acids is 1. The van der Waals surface area contributed by atoms with Gasteiger partial charge in [0, 0.05) is 25.8 Å². The Morgan fingerprint density at radius 2 is 1.69 bits per heavy atom. The van der Waals surface area contributed by atoms with Gasteiger partial charge < -0.3 is 19.6 Å². The van der Waals surface area contributed by atoms with Crippen LogP contribution in [-0.4, -0.2) is 48.6 Å². The maximum absolute atomic E-state index is 13.2. The number of carboxylic acid groups (broad SMARTS) is 1. The molecule has 1 unspecified atom stereocenters. The summed E-state index contributed by atoms with van der Waals surface area (Å²) in [5.74, 6) is 0.125. The molecule has 0 bridgehead atoms. The fourth-order valence-corrected chi connectivity index (χ4v) is 4.73. The summed E-state index contributed by atoms with van der Waals surface area (Å²) in [6, 6.07) is 26.1. The fourth-order valence-electron chi connectivity index (χ4n) is 4.73. The summed E-state index contributed by atoms with van der Waals surface area (Å²) >= 11 is 0. The first-order chi connectivity index (χ1) is 17.0. The second kappa shape index (κ2) is 11.6. The van der Waals surface area contributed by atoms with Crippen molar-refractivity contribution in [3.63, 3.8) is 0 Å². The molecule has 0 aromatic heterocycles. The molecule has 1 atom stereocenters. The van der Waals surface area contributed by atoms with Crippen LogP contribution in [0.3, 0.4) is 0 Å². The van der Waals surface area contributed by atoms with Gasteiger partial charge >= 0.3 is 5.97 Å². The summed E-state index contributed by atoms with van der Waals surface area (Å²) in [6.07, 6.45) is 2.61. The van der Waals surface area contributed by atoms with Crippen LogP contribution >= 0.6 is 0 Å². The highest BCUT2D eigenvalue weighted by Gasteiger charge is 2.25. The van der Waals surface area contributed by atoms with E-state index in [0.717, 1.165) is 36.1 Å². The number of benzene rings is 3. The molecule has 0 saturated heterocycles. The number of hydrogen-bond acceptors (Lipinski definition) is 4. The second-order valence-electron chi connectivity index (χ2n) is 9.14. The molecule has 1 amide bonds. The average molecular weight is 473 g/mol. The maximum Gasteiger partial charge on any atom is 0.341 e. The normalized spacial score (nSPS) is 14.6. The molecule has 6 heteroatoms. The molecule has 0 saturated carbocycles. The summed E-state index contributed by atoms with van der Waals surface area (Å²) < 4.78 is 5.49. The number of para-hydroxylation sites is 1. The van der Waals surface area contributed by atoms with E-state index in [2.05, 4.69) is 23.1 Å². The standard InChI is InChI=1S/C29H32N2O4/c1-30(18-23-15-16-26-24(17-23)11-8-14-27(26)35-21-29(33)34)28(32)20-31(25-12-6-3-7-13-25)19-22-9-4-2-5-10-22/h2-14,23H,15-21H2,1H3,(H,33,34). The van der Waals surface area contributed by atoms with Crippen LogP contribution in [0.1, 0.15) is 23.1 Å². The van der Waals surface area contributed by atoms with Gasteiger partial charge in [-0.05, 0) is 60.1 Å². The Balaban J connectivity index is 1.38. The molecule has 0 fully saturated rings. The van der Waals surface area contributed by atoms with Gasteiger partial charge in [-0.15, -0.1) is 0 Å². The predicted octanol–water partition coefficient (Wildman–Crippen LogP) is 4.42. The minimum atomic E-state index is -0.978. The molecule has 1 aliphatic rings. The highest BCUT2D eigenvalue weighted by atomic mass is 16.5. The zero-order valence-electron chi connectivity index (χ0n) is 20.1. The van der Waals surface area contributed by atoms with E-state index >= 15 is 0 Å². The lowest BCUT2D eigenvalue weighted by Gasteiger charge is -2.31. The van der Waals surface area contributed by atoms with E-state index in [4.69, 9.17) is 9.84 Å². The Kier molecular flexibility index (Phi) is 8.03. The summed E-state index contributed by atoms with van der Waals surface area (Å²) in [4.78, 5) is 28.1. The third kappa shape index (κ3) is 6.63. The Labute approximate surface area is 206 Å². The molecule has 182 valence electrons. The van der Waals surface area contributed by atoms with Gasteiger partial charge in [0.15, 0.2) is 6.61 Å². The van der Waals surface area contributed by atoms with E-state index in [-0.39, 0.29) is 12.5 Å². The fraction of sp³-hybridized carbons (Fsp3) is 0.310. The predicted molar refractivity (Wildman–Crippen MR) is 137 cm³/mol. The number of aliphatic carboxylic acids is 1. The van der Waals surface area contributed by atoms with Crippen LogP contribution in [0.4, 0.5) is 5.69 Å². The van der Waals surface area contributed by atoms with Gasteiger partial charge in [-0.1, -0.05) is 60.7 Å². The Hall–Kier alpha value is -3.80. The van der Waals surface area contributed by atoms with Gasteiger partial charge in [-0.3, -0.25) is 4.79 Å². The Bertz CT molecular complexity index is 1130. The van der Waals surface area contributed by atoms with Crippen LogP contribution in [-0.2, 0) is 29.0 Å². The lowest BCUT2D eigenvalue weighted by atomic mass is 9.83. The lowest BCUT2D eigenvalue weighted by molar-refractivity contribution is -0.139. The molecule has 6 nitrogen and oxygen atoms in total. The van der Waals surface area contributed by atoms with Crippen LogP contribution in [0.5, 0.6) is 5.75 Å². The summed E-state index contributed by atoms with van der Waals surface area (Å²) in [6.45, 7) is 1.33. The summed E-state index contributed by atoms with van der Waals surface area (Å²) in [5.41, 5.74) is 4.47. The van der Waals surface area contributed by atoms with Crippen molar-refractivity contribution in [2.24, 2.45) is 5.92 Å². The van der Waals surface area contributed by atoms with Crippen molar-refractivity contribution in [3.05, 3.63) is 95.6 Å². The number of hydrogen-bond donors (Lipinski definition) is 1. The minimum Gasteiger partial charge on any atom is -0.482 e. The second-order valence-corrected chi connectivity index (χ2v) is 9.14. The largest absolute Gasteiger partial charge is 0.482 e. The maximum atomic E-state index is 13.2. The summed E-state index contributed by atoms with van der Waals surface area (Å²) in [7, 11) is 1.88. The molecule has 0 heterocycles. The van der Waals surface area contributed by atoms with Gasteiger partial charge in [0.25, 0.3) is 0 Å². The molecule has 35 heavy (non-hydrogen) atoms. The van der Waals surface area contributed by atoms with Crippen molar-refractivity contribution >= 4 is 17.6 Å². The van der Waals surface area contributed by atoms with Gasteiger partial charge in [0.2, 0.25) is 5.91 Å². The molecular weight excluding hydrogens is 440 g/mol. The molecule has 4 rings (SSSR count). The minimum absolute atomic E-state index is 0.0918. The quantitative estimate of drug-likeness (QED) is 0.473. The number of amides is 1. The first-order valence-corrected chi connectivity index (χ1v) is 12.0. The van der Waals surface area contributed by atoms with Gasteiger partial charge in [-0.2, -0.15) is 0 Å². The van der Waals surface area contributed by atoms with E-state index in [1.807, 2.05) is 72.6 Å². The van der Waals surface area contributed by atoms with E-state index in [0.29, 0.717) is 31.3 Å². The van der Waals surface area contributed by atoms with Gasteiger partial charge in [0.05, 0.1) is 6.54 Å². The summed E-state index contributed by atoms with van der Waals surface area (Å²) in [5, 5.41) is 8.92. The molecule has 3 aromatic rings. The average Bonchev–Trinajstić information content (AvgIpc) is 2.88. The van der Waals surface area contributed by atoms with Crippen molar-refractivity contribution in [2.45, 2.75) is 25.8 Å². The van der Waals surface area contributed by atoms with Crippen molar-refractivity contribution < 1.29 is 19.4 Å². The number of rotatable bonds is 10. The number of ether oxygens (including phenoxy) is 1. The Morgan fingerprint density at radius 3 is 2.40 bits per heavy atom. The highest BCUT2D eigenvalue weighted by molar-refractivity contribution is 5.81. The van der Waals surface area contributed by atoms with E-state index in [1.165, 1.54) is 5.56 Å². The molecule has 1 N–H and O–H groups in total. The SMILES string of the molecule is CN(CC1CCc2c(cccc2OCC(=O)O)C1)C(=O)CN(Cc1ccccc1)c1ccccc1. The number of carbonyl (C=O) groups excluding carboxylic acids is 1. The molecule has 0 radical (unpaired) electrons. The third-order valence-corrected chi connectivity index (χ3v) is 6.51. The number of carbonyl (C=O) groups is 2. The van der Waals surface area contributed by atoms with Crippen molar-refractivity contribution in [3.8, 4) is 5.75 Å². The van der Waals surface area contributed by atoms with Crippen LogP contribution in [0.2, 0.25) is 0 Å². The van der Waals surface area contributed by atoms with Crippen LogP contribution in [0.25, 0.3) is 0 Å². The number of nitrogens with zero attached hydrogens (tertiary/aromatic N) is 2. The van der Waals surface area contributed by atoms with Crippen LogP contribution < -0.4 is 9.64 Å². The molecule has 1 aliphatic carbocycles. The Morgan fingerprint density at radius 1 is 0.971 bits per heavy atom. The highest BCUT2D eigenvalue weighted by Crippen LogP contribution is 2.32. The molecular formula is C29H32N2O4. The lowest BCUT2D eigenvalue weighted by Crippen LogP contribution is -2.41. The van der Waals surface area contributed by atoms with Gasteiger partial charge in [-0.25, -0.2) is 4.79 Å². The van der Waals surface area contributed by atoms with E-state index < -0.39 is 5.97 Å².